The molecule has 1 atom stereocenters. The highest BCUT2D eigenvalue weighted by Gasteiger charge is 2.41. The van der Waals surface area contributed by atoms with Crippen molar-refractivity contribution < 1.29 is 9.90 Å². The second-order valence-corrected chi connectivity index (χ2v) is 6.07. The first-order valence-electron chi connectivity index (χ1n) is 6.76. The van der Waals surface area contributed by atoms with Crippen LogP contribution in [-0.4, -0.2) is 16.1 Å². The predicted molar refractivity (Wildman–Crippen MR) is 84.2 cm³/mol. The Labute approximate surface area is 130 Å². The molecule has 21 heavy (non-hydrogen) atoms. The van der Waals surface area contributed by atoms with E-state index < -0.39 is 5.97 Å². The van der Waals surface area contributed by atoms with E-state index in [-0.39, 0.29) is 23.7 Å². The van der Waals surface area contributed by atoms with E-state index in [4.69, 9.17) is 0 Å². The number of carboxylic acid groups (broad SMARTS) is 1. The van der Waals surface area contributed by atoms with E-state index in [0.717, 1.165) is 12.0 Å². The van der Waals surface area contributed by atoms with Gasteiger partial charge in [-0.3, -0.25) is 4.98 Å². The Hall–Kier alpha value is -1.87. The van der Waals surface area contributed by atoms with Crippen molar-refractivity contribution in [1.82, 2.24) is 4.98 Å². The van der Waals surface area contributed by atoms with Gasteiger partial charge in [0.15, 0.2) is 0 Å². The first-order valence-corrected chi connectivity index (χ1v) is 6.76. The van der Waals surface area contributed by atoms with E-state index in [1.54, 1.807) is 18.5 Å². The molecule has 1 N–H and O–H groups in total. The zero-order valence-corrected chi connectivity index (χ0v) is 12.9. The molecule has 0 fully saturated rings. The maximum Gasteiger partial charge on any atom is 0.336 e. The molecule has 0 radical (unpaired) electrons. The SMILES string of the molecule is CC1(C)Cc2ccccc2C1c1cnccc1C(=O)O.Cl. The summed E-state index contributed by atoms with van der Waals surface area (Å²) in [7, 11) is 0. The van der Waals surface area contributed by atoms with Crippen molar-refractivity contribution in [3.05, 3.63) is 65.0 Å². The van der Waals surface area contributed by atoms with Gasteiger partial charge in [0.2, 0.25) is 0 Å². The summed E-state index contributed by atoms with van der Waals surface area (Å²) in [6.45, 7) is 4.38. The van der Waals surface area contributed by atoms with E-state index in [9.17, 15) is 9.90 Å². The molecule has 1 aromatic carbocycles. The molecule has 1 aliphatic rings. The molecule has 0 saturated carbocycles. The highest BCUT2D eigenvalue weighted by atomic mass is 35.5. The first kappa shape index (κ1) is 15.5. The smallest absolute Gasteiger partial charge is 0.336 e. The van der Waals surface area contributed by atoms with Gasteiger partial charge >= 0.3 is 5.97 Å². The molecule has 0 bridgehead atoms. The van der Waals surface area contributed by atoms with Crippen molar-refractivity contribution in [3.63, 3.8) is 0 Å². The van der Waals surface area contributed by atoms with Gasteiger partial charge in [-0.15, -0.1) is 12.4 Å². The Bertz CT molecular complexity index is 682. The lowest BCUT2D eigenvalue weighted by atomic mass is 9.75. The number of pyridine rings is 1. The molecular weight excluding hydrogens is 286 g/mol. The third-order valence-corrected chi connectivity index (χ3v) is 4.19. The predicted octanol–water partition coefficient (Wildman–Crippen LogP) is 3.92. The number of rotatable bonds is 2. The Morgan fingerprint density at radius 1 is 1.24 bits per heavy atom. The minimum atomic E-state index is -0.886. The van der Waals surface area contributed by atoms with Crippen LogP contribution in [0.3, 0.4) is 0 Å². The summed E-state index contributed by atoms with van der Waals surface area (Å²) in [5.41, 5.74) is 3.71. The van der Waals surface area contributed by atoms with Crippen LogP contribution in [0.25, 0.3) is 0 Å². The number of hydrogen-bond acceptors (Lipinski definition) is 2. The van der Waals surface area contributed by atoms with E-state index >= 15 is 0 Å². The minimum Gasteiger partial charge on any atom is -0.478 e. The quantitative estimate of drug-likeness (QED) is 0.915. The summed E-state index contributed by atoms with van der Waals surface area (Å²) in [4.78, 5) is 15.6. The largest absolute Gasteiger partial charge is 0.478 e. The maximum atomic E-state index is 11.5. The summed E-state index contributed by atoms with van der Waals surface area (Å²) >= 11 is 0. The minimum absolute atomic E-state index is 0. The molecule has 0 saturated heterocycles. The van der Waals surface area contributed by atoms with E-state index in [1.165, 1.54) is 11.1 Å². The highest BCUT2D eigenvalue weighted by molar-refractivity contribution is 5.89. The molecule has 2 aromatic rings. The van der Waals surface area contributed by atoms with Crippen LogP contribution in [-0.2, 0) is 6.42 Å². The molecule has 3 rings (SSSR count). The van der Waals surface area contributed by atoms with Crippen molar-refractivity contribution in [2.45, 2.75) is 26.2 Å². The van der Waals surface area contributed by atoms with Gasteiger partial charge in [-0.2, -0.15) is 0 Å². The molecule has 1 aromatic heterocycles. The normalized spacial score (nSPS) is 18.7. The van der Waals surface area contributed by atoms with Crippen molar-refractivity contribution >= 4 is 18.4 Å². The fourth-order valence-electron chi connectivity index (χ4n) is 3.41. The number of carboxylic acids is 1. The topological polar surface area (TPSA) is 50.2 Å². The number of aromatic nitrogens is 1. The van der Waals surface area contributed by atoms with Gasteiger partial charge in [-0.1, -0.05) is 38.1 Å². The molecular formula is C17H18ClNO2. The van der Waals surface area contributed by atoms with Gasteiger partial charge in [-0.05, 0) is 34.6 Å². The number of nitrogens with zero attached hydrogens (tertiary/aromatic N) is 1. The lowest BCUT2D eigenvalue weighted by Crippen LogP contribution is -2.21. The second-order valence-electron chi connectivity index (χ2n) is 6.07. The fourth-order valence-corrected chi connectivity index (χ4v) is 3.41. The van der Waals surface area contributed by atoms with Crippen molar-refractivity contribution in [2.75, 3.05) is 0 Å². The van der Waals surface area contributed by atoms with Crippen LogP contribution < -0.4 is 0 Å². The molecule has 110 valence electrons. The summed E-state index contributed by atoms with van der Waals surface area (Å²) in [5, 5.41) is 9.42. The third kappa shape index (κ3) is 2.54. The molecule has 0 amide bonds. The van der Waals surface area contributed by atoms with Crippen LogP contribution in [0.4, 0.5) is 0 Å². The number of hydrogen-bond donors (Lipinski definition) is 1. The van der Waals surface area contributed by atoms with Crippen LogP contribution in [0, 0.1) is 5.41 Å². The Balaban J connectivity index is 0.00000161. The van der Waals surface area contributed by atoms with Gasteiger partial charge in [0, 0.05) is 18.3 Å². The second kappa shape index (κ2) is 5.49. The van der Waals surface area contributed by atoms with Gasteiger partial charge in [0.25, 0.3) is 0 Å². The summed E-state index contributed by atoms with van der Waals surface area (Å²) in [6.07, 6.45) is 4.21. The van der Waals surface area contributed by atoms with Crippen LogP contribution in [0.2, 0.25) is 0 Å². The number of fused-ring (bicyclic) bond motifs is 1. The van der Waals surface area contributed by atoms with Gasteiger partial charge in [0.1, 0.15) is 0 Å². The van der Waals surface area contributed by atoms with Crippen LogP contribution in [0.15, 0.2) is 42.7 Å². The van der Waals surface area contributed by atoms with Crippen molar-refractivity contribution in [2.24, 2.45) is 5.41 Å². The average molecular weight is 304 g/mol. The lowest BCUT2D eigenvalue weighted by Gasteiger charge is -2.28. The monoisotopic (exact) mass is 303 g/mol. The van der Waals surface area contributed by atoms with E-state index in [1.807, 2.05) is 12.1 Å². The standard InChI is InChI=1S/C17H17NO2.ClH/c1-17(2)9-11-5-3-4-6-12(11)15(17)14-10-18-8-7-13(14)16(19)20;/h3-8,10,15H,9H2,1-2H3,(H,19,20);1H. The van der Waals surface area contributed by atoms with Gasteiger partial charge < -0.3 is 5.11 Å². The van der Waals surface area contributed by atoms with Crippen LogP contribution >= 0.6 is 12.4 Å². The summed E-state index contributed by atoms with van der Waals surface area (Å²) < 4.78 is 0. The van der Waals surface area contributed by atoms with Gasteiger partial charge in [0.05, 0.1) is 5.56 Å². The fraction of sp³-hybridized carbons (Fsp3) is 0.294. The molecule has 1 aliphatic carbocycles. The van der Waals surface area contributed by atoms with Crippen molar-refractivity contribution in [1.29, 1.82) is 0 Å². The van der Waals surface area contributed by atoms with Crippen LogP contribution in [0.5, 0.6) is 0 Å². The highest BCUT2D eigenvalue weighted by Crippen LogP contribution is 2.50. The summed E-state index contributed by atoms with van der Waals surface area (Å²) in [6, 6.07) is 9.89. The third-order valence-electron chi connectivity index (χ3n) is 4.19. The van der Waals surface area contributed by atoms with Gasteiger partial charge in [-0.25, -0.2) is 4.79 Å². The molecule has 0 spiro atoms. The van der Waals surface area contributed by atoms with Crippen LogP contribution in [0.1, 0.15) is 46.8 Å². The molecule has 1 unspecified atom stereocenters. The lowest BCUT2D eigenvalue weighted by molar-refractivity contribution is 0.0694. The number of carbonyl (C=O) groups is 1. The molecule has 1 heterocycles. The summed E-state index contributed by atoms with van der Waals surface area (Å²) in [5.74, 6) is -0.805. The number of aromatic carboxylic acids is 1. The zero-order valence-electron chi connectivity index (χ0n) is 12.0. The Morgan fingerprint density at radius 2 is 1.95 bits per heavy atom. The molecule has 0 aliphatic heterocycles. The van der Waals surface area contributed by atoms with Crippen molar-refractivity contribution in [3.8, 4) is 0 Å². The molecule has 4 heteroatoms. The zero-order chi connectivity index (χ0) is 14.3. The average Bonchev–Trinajstić information content (AvgIpc) is 2.68. The Kier molecular flexibility index (Phi) is 4.06. The molecule has 3 nitrogen and oxygen atoms in total. The first-order chi connectivity index (χ1) is 9.50. The number of halogens is 1. The maximum absolute atomic E-state index is 11.5. The van der Waals surface area contributed by atoms with E-state index in [2.05, 4.69) is 31.0 Å². The van der Waals surface area contributed by atoms with E-state index in [0.29, 0.717) is 5.56 Å². The Morgan fingerprint density at radius 3 is 2.67 bits per heavy atom. The number of benzene rings is 1.